The number of nitrogens with one attached hydrogen (secondary N) is 1. The Morgan fingerprint density at radius 2 is 2.25 bits per heavy atom. The van der Waals surface area contributed by atoms with E-state index in [1.54, 1.807) is 0 Å². The number of hydrogen-bond acceptors (Lipinski definition) is 4. The lowest BCUT2D eigenvalue weighted by Crippen LogP contribution is -2.11. The highest BCUT2D eigenvalue weighted by atomic mass is 16.5. The zero-order valence-electron chi connectivity index (χ0n) is 11.9. The van der Waals surface area contributed by atoms with Gasteiger partial charge in [-0.25, -0.2) is 0 Å². The van der Waals surface area contributed by atoms with Crippen LogP contribution >= 0.6 is 0 Å². The summed E-state index contributed by atoms with van der Waals surface area (Å²) in [5, 5.41) is 4.37. The molecule has 2 heterocycles. The average Bonchev–Trinajstić information content (AvgIpc) is 3.08. The van der Waals surface area contributed by atoms with E-state index in [0.717, 1.165) is 44.1 Å². The summed E-state index contributed by atoms with van der Waals surface area (Å²) in [6.45, 7) is 3.76. The predicted octanol–water partition coefficient (Wildman–Crippen LogP) is 2.71. The number of hydrogen-bond donors (Lipinski definition) is 1. The second-order valence-corrected chi connectivity index (χ2v) is 5.28. The molecule has 0 spiro atoms. The van der Waals surface area contributed by atoms with Gasteiger partial charge in [0.25, 0.3) is 0 Å². The minimum absolute atomic E-state index is 0.530. The Balaban J connectivity index is 1.70. The van der Waals surface area contributed by atoms with E-state index < -0.39 is 0 Å². The van der Waals surface area contributed by atoms with Crippen molar-refractivity contribution < 1.29 is 13.9 Å². The summed E-state index contributed by atoms with van der Waals surface area (Å²) < 4.78 is 17.1. The van der Waals surface area contributed by atoms with Gasteiger partial charge >= 0.3 is 0 Å². The van der Waals surface area contributed by atoms with Gasteiger partial charge in [-0.05, 0) is 19.5 Å². The van der Waals surface area contributed by atoms with Gasteiger partial charge in [-0.3, -0.25) is 0 Å². The van der Waals surface area contributed by atoms with Crippen LogP contribution in [-0.2, 0) is 22.6 Å². The monoisotopic (exact) mass is 275 g/mol. The van der Waals surface area contributed by atoms with Crippen molar-refractivity contribution in [2.45, 2.75) is 19.6 Å². The molecule has 0 radical (unpaired) electrons. The average molecular weight is 275 g/mol. The van der Waals surface area contributed by atoms with Crippen LogP contribution in [0.1, 0.15) is 17.7 Å². The van der Waals surface area contributed by atoms with E-state index in [4.69, 9.17) is 13.9 Å². The molecule has 1 atom stereocenters. The molecule has 1 aromatic carbocycles. The standard InChI is InChI=1S/C16H21NO3/c1-17-8-14-13-4-2-3-5-15(13)20-16(14)11-19-10-12-6-7-18-9-12/h2-5,12,17H,6-11H2,1H3. The maximum Gasteiger partial charge on any atom is 0.135 e. The van der Waals surface area contributed by atoms with Gasteiger partial charge in [-0.1, -0.05) is 18.2 Å². The molecular formula is C16H21NO3. The van der Waals surface area contributed by atoms with Gasteiger partial charge in [0.05, 0.1) is 13.2 Å². The van der Waals surface area contributed by atoms with Crippen molar-refractivity contribution in [2.24, 2.45) is 5.92 Å². The molecule has 108 valence electrons. The predicted molar refractivity (Wildman–Crippen MR) is 77.6 cm³/mol. The Morgan fingerprint density at radius 3 is 3.05 bits per heavy atom. The van der Waals surface area contributed by atoms with Crippen LogP contribution in [0.25, 0.3) is 11.0 Å². The van der Waals surface area contributed by atoms with Crippen molar-refractivity contribution in [2.75, 3.05) is 26.9 Å². The van der Waals surface area contributed by atoms with Gasteiger partial charge in [0.1, 0.15) is 18.0 Å². The van der Waals surface area contributed by atoms with Gasteiger partial charge in [-0.2, -0.15) is 0 Å². The Morgan fingerprint density at radius 1 is 1.35 bits per heavy atom. The van der Waals surface area contributed by atoms with Gasteiger partial charge in [0.15, 0.2) is 0 Å². The second-order valence-electron chi connectivity index (χ2n) is 5.28. The van der Waals surface area contributed by atoms with Crippen LogP contribution in [0.5, 0.6) is 0 Å². The molecule has 1 aliphatic rings. The molecule has 1 N–H and O–H groups in total. The van der Waals surface area contributed by atoms with Crippen molar-refractivity contribution in [3.63, 3.8) is 0 Å². The van der Waals surface area contributed by atoms with Crippen LogP contribution in [0.3, 0.4) is 0 Å². The fourth-order valence-electron chi connectivity index (χ4n) is 2.67. The van der Waals surface area contributed by atoms with E-state index in [1.165, 1.54) is 10.9 Å². The van der Waals surface area contributed by atoms with Gasteiger partial charge < -0.3 is 19.2 Å². The van der Waals surface area contributed by atoms with Gasteiger partial charge in [0, 0.05) is 30.0 Å². The molecule has 4 heteroatoms. The highest BCUT2D eigenvalue weighted by Crippen LogP contribution is 2.26. The van der Waals surface area contributed by atoms with Gasteiger partial charge in [-0.15, -0.1) is 0 Å². The zero-order chi connectivity index (χ0) is 13.8. The number of rotatable bonds is 6. The summed E-state index contributed by atoms with van der Waals surface area (Å²) >= 11 is 0. The first-order valence-corrected chi connectivity index (χ1v) is 7.18. The summed E-state index contributed by atoms with van der Waals surface area (Å²) in [4.78, 5) is 0. The third-order valence-corrected chi connectivity index (χ3v) is 3.75. The summed E-state index contributed by atoms with van der Waals surface area (Å²) in [5.74, 6) is 1.46. The lowest BCUT2D eigenvalue weighted by molar-refractivity contribution is 0.0693. The highest BCUT2D eigenvalue weighted by molar-refractivity contribution is 5.82. The molecule has 20 heavy (non-hydrogen) atoms. The summed E-state index contributed by atoms with van der Waals surface area (Å²) in [6, 6.07) is 8.13. The van der Waals surface area contributed by atoms with E-state index >= 15 is 0 Å². The van der Waals surface area contributed by atoms with E-state index in [9.17, 15) is 0 Å². The SMILES string of the molecule is CNCc1c(COCC2CCOC2)oc2ccccc12. The van der Waals surface area contributed by atoms with Crippen molar-refractivity contribution in [3.8, 4) is 0 Å². The molecule has 3 rings (SSSR count). The number of benzene rings is 1. The fourth-order valence-corrected chi connectivity index (χ4v) is 2.67. The summed E-state index contributed by atoms with van der Waals surface area (Å²) in [6.07, 6.45) is 1.10. The number of furan rings is 1. The van der Waals surface area contributed by atoms with E-state index in [-0.39, 0.29) is 0 Å². The second kappa shape index (κ2) is 6.39. The zero-order valence-corrected chi connectivity index (χ0v) is 11.9. The van der Waals surface area contributed by atoms with Crippen LogP contribution in [0.2, 0.25) is 0 Å². The summed E-state index contributed by atoms with van der Waals surface area (Å²) in [7, 11) is 1.95. The lowest BCUT2D eigenvalue weighted by atomic mass is 10.1. The Kier molecular flexibility index (Phi) is 4.35. The topological polar surface area (TPSA) is 43.6 Å². The minimum Gasteiger partial charge on any atom is -0.458 e. The van der Waals surface area contributed by atoms with Crippen LogP contribution in [0.15, 0.2) is 28.7 Å². The number of para-hydroxylation sites is 1. The lowest BCUT2D eigenvalue weighted by Gasteiger charge is -2.08. The third-order valence-electron chi connectivity index (χ3n) is 3.75. The Bertz CT molecular complexity index is 558. The van der Waals surface area contributed by atoms with E-state index in [2.05, 4.69) is 11.4 Å². The molecule has 0 amide bonds. The summed E-state index contributed by atoms with van der Waals surface area (Å²) in [5.41, 5.74) is 2.13. The molecule has 2 aromatic rings. The molecule has 1 aliphatic heterocycles. The van der Waals surface area contributed by atoms with E-state index in [0.29, 0.717) is 12.5 Å². The maximum atomic E-state index is 5.92. The van der Waals surface area contributed by atoms with Crippen LogP contribution in [0.4, 0.5) is 0 Å². The normalized spacial score (nSPS) is 18.9. The third kappa shape index (κ3) is 2.87. The number of fused-ring (bicyclic) bond motifs is 1. The smallest absolute Gasteiger partial charge is 0.135 e. The molecule has 1 aromatic heterocycles. The molecule has 4 nitrogen and oxygen atoms in total. The quantitative estimate of drug-likeness (QED) is 0.880. The first-order valence-electron chi connectivity index (χ1n) is 7.18. The van der Waals surface area contributed by atoms with Crippen molar-refractivity contribution in [1.82, 2.24) is 5.32 Å². The molecule has 0 bridgehead atoms. The maximum absolute atomic E-state index is 5.92. The molecule has 0 aliphatic carbocycles. The van der Waals surface area contributed by atoms with Crippen LogP contribution < -0.4 is 5.32 Å². The fraction of sp³-hybridized carbons (Fsp3) is 0.500. The van der Waals surface area contributed by atoms with Gasteiger partial charge in [0.2, 0.25) is 0 Å². The minimum atomic E-state index is 0.530. The molecule has 0 saturated carbocycles. The Labute approximate surface area is 119 Å². The molecule has 1 unspecified atom stereocenters. The molecule has 1 saturated heterocycles. The van der Waals surface area contributed by atoms with Crippen LogP contribution in [0, 0.1) is 5.92 Å². The first kappa shape index (κ1) is 13.6. The molecule has 1 fully saturated rings. The van der Waals surface area contributed by atoms with Crippen molar-refractivity contribution >= 4 is 11.0 Å². The molecular weight excluding hydrogens is 254 g/mol. The largest absolute Gasteiger partial charge is 0.458 e. The first-order chi connectivity index (χ1) is 9.88. The Hall–Kier alpha value is -1.36. The highest BCUT2D eigenvalue weighted by Gasteiger charge is 2.17. The number of ether oxygens (including phenoxy) is 2. The van der Waals surface area contributed by atoms with E-state index in [1.807, 2.05) is 25.2 Å². The van der Waals surface area contributed by atoms with Crippen LogP contribution in [-0.4, -0.2) is 26.9 Å². The van der Waals surface area contributed by atoms with Crippen molar-refractivity contribution in [3.05, 3.63) is 35.6 Å². The van der Waals surface area contributed by atoms with Crippen molar-refractivity contribution in [1.29, 1.82) is 0 Å².